The molecule has 1 aromatic rings. The third-order valence-corrected chi connectivity index (χ3v) is 4.30. The van der Waals surface area contributed by atoms with Gasteiger partial charge in [0.05, 0.1) is 0 Å². The predicted molar refractivity (Wildman–Crippen MR) is 75.8 cm³/mol. The van der Waals surface area contributed by atoms with Crippen molar-refractivity contribution in [3.05, 3.63) is 34.9 Å². The fourth-order valence-electron chi connectivity index (χ4n) is 3.18. The SMILES string of the molecule is CN(Cc1ccc2c(c1)CCCC2)CC1CNC1. The summed E-state index contributed by atoms with van der Waals surface area (Å²) in [6.07, 6.45) is 5.33. The molecule has 1 heterocycles. The van der Waals surface area contributed by atoms with Crippen LogP contribution in [-0.2, 0) is 19.4 Å². The molecule has 0 unspecified atom stereocenters. The Balaban J connectivity index is 1.61. The van der Waals surface area contributed by atoms with Crippen molar-refractivity contribution in [2.24, 2.45) is 5.92 Å². The van der Waals surface area contributed by atoms with Crippen LogP contribution in [0.25, 0.3) is 0 Å². The van der Waals surface area contributed by atoms with Crippen molar-refractivity contribution >= 4 is 0 Å². The van der Waals surface area contributed by atoms with E-state index in [1.54, 1.807) is 11.1 Å². The number of rotatable bonds is 4. The van der Waals surface area contributed by atoms with Crippen molar-refractivity contribution in [3.63, 3.8) is 0 Å². The van der Waals surface area contributed by atoms with E-state index in [0.717, 1.165) is 12.5 Å². The Hall–Kier alpha value is -0.860. The largest absolute Gasteiger partial charge is 0.316 e. The topological polar surface area (TPSA) is 15.3 Å². The summed E-state index contributed by atoms with van der Waals surface area (Å²) in [6.45, 7) is 4.73. The maximum atomic E-state index is 3.34. The molecule has 0 spiro atoms. The zero-order valence-corrected chi connectivity index (χ0v) is 11.4. The number of benzene rings is 1. The van der Waals surface area contributed by atoms with Crippen molar-refractivity contribution in [2.75, 3.05) is 26.7 Å². The summed E-state index contributed by atoms with van der Waals surface area (Å²) in [5, 5.41) is 3.34. The minimum Gasteiger partial charge on any atom is -0.316 e. The second-order valence-corrected chi connectivity index (χ2v) is 6.03. The standard InChI is InChI=1S/C16H24N2/c1-18(12-14-9-17-10-14)11-13-6-7-15-4-2-3-5-16(15)8-13/h6-8,14,17H,2-5,9-12H2,1H3. The highest BCUT2D eigenvalue weighted by atomic mass is 15.1. The quantitative estimate of drug-likeness (QED) is 0.873. The molecule has 2 heteroatoms. The average Bonchev–Trinajstić information content (AvgIpc) is 2.34. The van der Waals surface area contributed by atoms with Gasteiger partial charge in [-0.05, 0) is 55.3 Å². The molecule has 2 aliphatic rings. The molecule has 1 aliphatic carbocycles. The van der Waals surface area contributed by atoms with Crippen molar-refractivity contribution < 1.29 is 0 Å². The highest BCUT2D eigenvalue weighted by molar-refractivity contribution is 5.33. The second-order valence-electron chi connectivity index (χ2n) is 6.03. The Morgan fingerprint density at radius 1 is 1.17 bits per heavy atom. The van der Waals surface area contributed by atoms with E-state index in [0.29, 0.717) is 0 Å². The molecule has 98 valence electrons. The lowest BCUT2D eigenvalue weighted by Gasteiger charge is -2.31. The number of hydrogen-bond donors (Lipinski definition) is 1. The van der Waals surface area contributed by atoms with E-state index in [1.165, 1.54) is 50.9 Å². The molecule has 0 atom stereocenters. The van der Waals surface area contributed by atoms with Crippen LogP contribution < -0.4 is 5.32 Å². The van der Waals surface area contributed by atoms with E-state index in [4.69, 9.17) is 0 Å². The molecule has 0 aromatic heterocycles. The van der Waals surface area contributed by atoms with Gasteiger partial charge >= 0.3 is 0 Å². The minimum absolute atomic E-state index is 0.868. The van der Waals surface area contributed by atoms with Crippen molar-refractivity contribution in [1.82, 2.24) is 10.2 Å². The van der Waals surface area contributed by atoms with Crippen molar-refractivity contribution in [2.45, 2.75) is 32.2 Å². The third kappa shape index (κ3) is 2.76. The normalized spacial score (nSPS) is 19.7. The van der Waals surface area contributed by atoms with Gasteiger partial charge in [0, 0.05) is 26.2 Å². The van der Waals surface area contributed by atoms with Gasteiger partial charge in [-0.2, -0.15) is 0 Å². The molecule has 0 bridgehead atoms. The lowest BCUT2D eigenvalue weighted by Crippen LogP contribution is -2.47. The summed E-state index contributed by atoms with van der Waals surface area (Å²) in [5.41, 5.74) is 4.69. The van der Waals surface area contributed by atoms with Gasteiger partial charge in [0.25, 0.3) is 0 Å². The summed E-state index contributed by atoms with van der Waals surface area (Å²) in [5.74, 6) is 0.868. The summed E-state index contributed by atoms with van der Waals surface area (Å²) in [7, 11) is 2.25. The molecular weight excluding hydrogens is 220 g/mol. The van der Waals surface area contributed by atoms with Gasteiger partial charge in [0.2, 0.25) is 0 Å². The Bertz CT molecular complexity index is 410. The Labute approximate surface area is 110 Å². The lowest BCUT2D eigenvalue weighted by atomic mass is 9.90. The fraction of sp³-hybridized carbons (Fsp3) is 0.625. The maximum absolute atomic E-state index is 3.34. The molecular formula is C16H24N2. The van der Waals surface area contributed by atoms with E-state index in [2.05, 4.69) is 35.5 Å². The van der Waals surface area contributed by atoms with Crippen LogP contribution in [0.2, 0.25) is 0 Å². The molecule has 1 saturated heterocycles. The van der Waals surface area contributed by atoms with Crippen LogP contribution >= 0.6 is 0 Å². The molecule has 1 aromatic carbocycles. The number of hydrogen-bond acceptors (Lipinski definition) is 2. The molecule has 3 rings (SSSR count). The lowest BCUT2D eigenvalue weighted by molar-refractivity contribution is 0.218. The van der Waals surface area contributed by atoms with Crippen LogP contribution in [0, 0.1) is 5.92 Å². The number of aryl methyl sites for hydroxylation is 2. The van der Waals surface area contributed by atoms with Crippen molar-refractivity contribution in [3.8, 4) is 0 Å². The van der Waals surface area contributed by atoms with Crippen LogP contribution in [-0.4, -0.2) is 31.6 Å². The maximum Gasteiger partial charge on any atom is 0.0230 e. The number of fused-ring (bicyclic) bond motifs is 1. The Morgan fingerprint density at radius 2 is 1.94 bits per heavy atom. The summed E-state index contributed by atoms with van der Waals surface area (Å²) in [6, 6.07) is 7.15. The Kier molecular flexibility index (Phi) is 3.67. The van der Waals surface area contributed by atoms with E-state index in [-0.39, 0.29) is 0 Å². The van der Waals surface area contributed by atoms with E-state index in [9.17, 15) is 0 Å². The fourth-order valence-corrected chi connectivity index (χ4v) is 3.18. The first kappa shape index (κ1) is 12.2. The first-order valence-electron chi connectivity index (χ1n) is 7.31. The van der Waals surface area contributed by atoms with Gasteiger partial charge in [0.1, 0.15) is 0 Å². The van der Waals surface area contributed by atoms with Crippen LogP contribution in [0.5, 0.6) is 0 Å². The molecule has 0 amide bonds. The van der Waals surface area contributed by atoms with Crippen LogP contribution in [0.3, 0.4) is 0 Å². The molecule has 1 N–H and O–H groups in total. The van der Waals surface area contributed by atoms with Gasteiger partial charge in [-0.3, -0.25) is 0 Å². The van der Waals surface area contributed by atoms with Gasteiger partial charge in [-0.25, -0.2) is 0 Å². The number of nitrogens with zero attached hydrogens (tertiary/aromatic N) is 1. The first-order valence-corrected chi connectivity index (χ1v) is 7.31. The zero-order valence-electron chi connectivity index (χ0n) is 11.4. The molecule has 18 heavy (non-hydrogen) atoms. The molecule has 0 saturated carbocycles. The molecule has 2 nitrogen and oxygen atoms in total. The molecule has 1 aliphatic heterocycles. The third-order valence-electron chi connectivity index (χ3n) is 4.30. The van der Waals surface area contributed by atoms with Gasteiger partial charge in [-0.1, -0.05) is 18.2 Å². The average molecular weight is 244 g/mol. The highest BCUT2D eigenvalue weighted by Crippen LogP contribution is 2.22. The summed E-state index contributed by atoms with van der Waals surface area (Å²) >= 11 is 0. The van der Waals surface area contributed by atoms with E-state index >= 15 is 0 Å². The van der Waals surface area contributed by atoms with Crippen LogP contribution in [0.15, 0.2) is 18.2 Å². The molecule has 0 radical (unpaired) electrons. The van der Waals surface area contributed by atoms with E-state index < -0.39 is 0 Å². The van der Waals surface area contributed by atoms with Gasteiger partial charge < -0.3 is 10.2 Å². The second kappa shape index (κ2) is 5.41. The summed E-state index contributed by atoms with van der Waals surface area (Å²) in [4.78, 5) is 2.47. The minimum atomic E-state index is 0.868. The highest BCUT2D eigenvalue weighted by Gasteiger charge is 2.18. The first-order chi connectivity index (χ1) is 8.81. The Morgan fingerprint density at radius 3 is 2.67 bits per heavy atom. The monoisotopic (exact) mass is 244 g/mol. The zero-order chi connectivity index (χ0) is 12.4. The molecule has 1 fully saturated rings. The van der Waals surface area contributed by atoms with Gasteiger partial charge in [-0.15, -0.1) is 0 Å². The van der Waals surface area contributed by atoms with E-state index in [1.807, 2.05) is 0 Å². The van der Waals surface area contributed by atoms with Crippen LogP contribution in [0.4, 0.5) is 0 Å². The predicted octanol–water partition coefficient (Wildman–Crippen LogP) is 2.22. The smallest absolute Gasteiger partial charge is 0.0230 e. The van der Waals surface area contributed by atoms with Gasteiger partial charge in [0.15, 0.2) is 0 Å². The summed E-state index contributed by atoms with van der Waals surface area (Å²) < 4.78 is 0. The van der Waals surface area contributed by atoms with Crippen LogP contribution in [0.1, 0.15) is 29.5 Å². The number of nitrogens with one attached hydrogen (secondary N) is 1. The van der Waals surface area contributed by atoms with Crippen molar-refractivity contribution in [1.29, 1.82) is 0 Å².